The van der Waals surface area contributed by atoms with E-state index in [9.17, 15) is 4.79 Å². The van der Waals surface area contributed by atoms with Crippen molar-refractivity contribution in [3.05, 3.63) is 22.8 Å². The first-order chi connectivity index (χ1) is 7.54. The van der Waals surface area contributed by atoms with E-state index in [4.69, 9.17) is 16.7 Å². The van der Waals surface area contributed by atoms with E-state index >= 15 is 0 Å². The fraction of sp³-hybridized carbons (Fsp3) is 0.400. The molecule has 16 heavy (non-hydrogen) atoms. The van der Waals surface area contributed by atoms with Crippen LogP contribution in [-0.4, -0.2) is 34.1 Å². The van der Waals surface area contributed by atoms with Crippen molar-refractivity contribution in [1.82, 2.24) is 4.98 Å². The second kappa shape index (κ2) is 5.96. The molecule has 0 aromatic carbocycles. The van der Waals surface area contributed by atoms with Gasteiger partial charge in [-0.2, -0.15) is 11.8 Å². The van der Waals surface area contributed by atoms with Gasteiger partial charge < -0.3 is 10.4 Å². The summed E-state index contributed by atoms with van der Waals surface area (Å²) in [5.41, 5.74) is 0.137. The number of halogens is 1. The van der Waals surface area contributed by atoms with Gasteiger partial charge in [0, 0.05) is 11.8 Å². The molecule has 0 radical (unpaired) electrons. The molecular formula is C10H13ClN2O2S. The number of anilines is 1. The van der Waals surface area contributed by atoms with Crippen LogP contribution < -0.4 is 5.32 Å². The third-order valence-corrected chi connectivity index (χ3v) is 3.23. The van der Waals surface area contributed by atoms with Crippen molar-refractivity contribution in [2.75, 3.05) is 18.1 Å². The largest absolute Gasteiger partial charge is 0.478 e. The summed E-state index contributed by atoms with van der Waals surface area (Å²) in [7, 11) is 0. The Kier molecular flexibility index (Phi) is 4.89. The molecule has 1 rings (SSSR count). The molecule has 0 saturated carbocycles. The van der Waals surface area contributed by atoms with Crippen LogP contribution in [0.1, 0.15) is 17.3 Å². The topological polar surface area (TPSA) is 62.2 Å². The Hall–Kier alpha value is -0.940. The molecule has 6 heteroatoms. The predicted molar refractivity (Wildman–Crippen MR) is 67.7 cm³/mol. The van der Waals surface area contributed by atoms with E-state index in [0.717, 1.165) is 0 Å². The molecule has 88 valence electrons. The van der Waals surface area contributed by atoms with E-state index in [1.54, 1.807) is 11.8 Å². The maximum Gasteiger partial charge on any atom is 0.339 e. The summed E-state index contributed by atoms with van der Waals surface area (Å²) in [6.45, 7) is 2.69. The minimum absolute atomic E-state index is 0.137. The van der Waals surface area contributed by atoms with Gasteiger partial charge in [0.2, 0.25) is 0 Å². The molecule has 1 heterocycles. The van der Waals surface area contributed by atoms with Crippen molar-refractivity contribution in [1.29, 1.82) is 0 Å². The van der Waals surface area contributed by atoms with E-state index in [0.29, 0.717) is 17.6 Å². The van der Waals surface area contributed by atoms with E-state index in [1.165, 1.54) is 12.1 Å². The van der Waals surface area contributed by atoms with Gasteiger partial charge in [0.05, 0.1) is 0 Å². The van der Waals surface area contributed by atoms with Gasteiger partial charge >= 0.3 is 5.97 Å². The number of aromatic carboxylic acids is 1. The van der Waals surface area contributed by atoms with Crippen LogP contribution in [0.5, 0.6) is 0 Å². The summed E-state index contributed by atoms with van der Waals surface area (Å²) in [4.78, 5) is 14.9. The number of thioether (sulfide) groups is 1. The molecule has 0 fully saturated rings. The van der Waals surface area contributed by atoms with Crippen molar-refractivity contribution in [3.63, 3.8) is 0 Å². The van der Waals surface area contributed by atoms with Crippen LogP contribution in [0.25, 0.3) is 0 Å². The number of aromatic nitrogens is 1. The fourth-order valence-electron chi connectivity index (χ4n) is 1.07. The van der Waals surface area contributed by atoms with Crippen LogP contribution in [-0.2, 0) is 0 Å². The molecule has 0 aliphatic heterocycles. The third-order valence-electron chi connectivity index (χ3n) is 2.05. The Balaban J connectivity index is 2.84. The zero-order valence-corrected chi connectivity index (χ0v) is 10.6. The number of nitrogens with zero attached hydrogens (tertiary/aromatic N) is 1. The molecule has 1 atom stereocenters. The third kappa shape index (κ3) is 3.57. The Morgan fingerprint density at radius 2 is 2.38 bits per heavy atom. The van der Waals surface area contributed by atoms with Gasteiger partial charge in [-0.3, -0.25) is 0 Å². The number of pyridine rings is 1. The zero-order valence-electron chi connectivity index (χ0n) is 9.03. The highest BCUT2D eigenvalue weighted by molar-refractivity contribution is 7.99. The van der Waals surface area contributed by atoms with Gasteiger partial charge in [0.15, 0.2) is 0 Å². The molecular weight excluding hydrogens is 248 g/mol. The molecule has 0 spiro atoms. The molecule has 1 unspecified atom stereocenters. The first-order valence-corrected chi connectivity index (χ1v) is 6.37. The first kappa shape index (κ1) is 13.1. The second-order valence-corrected chi connectivity index (χ2v) is 4.93. The Morgan fingerprint density at radius 3 is 2.94 bits per heavy atom. The van der Waals surface area contributed by atoms with Crippen LogP contribution in [0.2, 0.25) is 5.15 Å². The normalized spacial score (nSPS) is 12.2. The number of nitrogens with one attached hydrogen (secondary N) is 1. The second-order valence-electron chi connectivity index (χ2n) is 3.26. The lowest BCUT2D eigenvalue weighted by molar-refractivity contribution is 0.0697. The molecule has 0 amide bonds. The molecule has 0 bridgehead atoms. The Bertz CT molecular complexity index is 387. The van der Waals surface area contributed by atoms with Crippen molar-refractivity contribution in [2.45, 2.75) is 12.2 Å². The van der Waals surface area contributed by atoms with Crippen LogP contribution in [0, 0.1) is 0 Å². The minimum atomic E-state index is -1.01. The molecule has 1 aromatic heterocycles. The quantitative estimate of drug-likeness (QED) is 0.797. The number of hydrogen-bond acceptors (Lipinski definition) is 4. The molecule has 0 aliphatic carbocycles. The summed E-state index contributed by atoms with van der Waals surface area (Å²) < 4.78 is 0. The average molecular weight is 261 g/mol. The Labute approximate surface area is 103 Å². The van der Waals surface area contributed by atoms with E-state index in [1.807, 2.05) is 13.2 Å². The van der Waals surface area contributed by atoms with Gasteiger partial charge in [-0.1, -0.05) is 18.5 Å². The zero-order chi connectivity index (χ0) is 12.1. The minimum Gasteiger partial charge on any atom is -0.478 e. The smallest absolute Gasteiger partial charge is 0.339 e. The number of carbonyl (C=O) groups is 1. The lowest BCUT2D eigenvalue weighted by atomic mass is 10.2. The molecule has 4 nitrogen and oxygen atoms in total. The van der Waals surface area contributed by atoms with Crippen molar-refractivity contribution in [2.24, 2.45) is 0 Å². The lowest BCUT2D eigenvalue weighted by Gasteiger charge is -2.12. The predicted octanol–water partition coefficient (Wildman–Crippen LogP) is 2.60. The van der Waals surface area contributed by atoms with Gasteiger partial charge in [0.1, 0.15) is 16.5 Å². The standard InChI is InChI=1S/C10H13ClN2O2S/c1-6(16-2)5-12-9-7(10(14)15)3-4-8(11)13-9/h3-4,6H,5H2,1-2H3,(H,12,13)(H,14,15). The van der Waals surface area contributed by atoms with Crippen molar-refractivity contribution < 1.29 is 9.90 Å². The van der Waals surface area contributed by atoms with Crippen molar-refractivity contribution >= 4 is 35.1 Å². The maximum absolute atomic E-state index is 10.9. The number of hydrogen-bond donors (Lipinski definition) is 2. The summed E-state index contributed by atoms with van der Waals surface area (Å²) in [6, 6.07) is 2.91. The van der Waals surface area contributed by atoms with E-state index in [-0.39, 0.29) is 10.7 Å². The summed E-state index contributed by atoms with van der Waals surface area (Å²) in [5.74, 6) is -0.690. The summed E-state index contributed by atoms with van der Waals surface area (Å²) in [6.07, 6.45) is 2.00. The summed E-state index contributed by atoms with van der Waals surface area (Å²) in [5, 5.41) is 12.6. The summed E-state index contributed by atoms with van der Waals surface area (Å²) >= 11 is 7.41. The molecule has 0 aliphatic rings. The Morgan fingerprint density at radius 1 is 1.69 bits per heavy atom. The van der Waals surface area contributed by atoms with E-state index in [2.05, 4.69) is 10.3 Å². The number of rotatable bonds is 5. The van der Waals surface area contributed by atoms with Gasteiger partial charge in [0.25, 0.3) is 0 Å². The highest BCUT2D eigenvalue weighted by atomic mass is 35.5. The number of carboxylic acid groups (broad SMARTS) is 1. The van der Waals surface area contributed by atoms with Crippen LogP contribution >= 0.6 is 23.4 Å². The van der Waals surface area contributed by atoms with E-state index < -0.39 is 5.97 Å². The first-order valence-electron chi connectivity index (χ1n) is 4.71. The highest BCUT2D eigenvalue weighted by Crippen LogP contribution is 2.17. The van der Waals surface area contributed by atoms with Crippen LogP contribution in [0.4, 0.5) is 5.82 Å². The maximum atomic E-state index is 10.9. The van der Waals surface area contributed by atoms with Gasteiger partial charge in [-0.15, -0.1) is 0 Å². The monoisotopic (exact) mass is 260 g/mol. The van der Waals surface area contributed by atoms with Gasteiger partial charge in [-0.05, 0) is 18.4 Å². The molecule has 1 aromatic rings. The fourth-order valence-corrected chi connectivity index (χ4v) is 1.46. The molecule has 0 saturated heterocycles. The molecule has 2 N–H and O–H groups in total. The SMILES string of the molecule is CSC(C)CNc1nc(Cl)ccc1C(=O)O. The van der Waals surface area contributed by atoms with Gasteiger partial charge in [-0.25, -0.2) is 9.78 Å². The average Bonchev–Trinajstić information content (AvgIpc) is 2.25. The lowest BCUT2D eigenvalue weighted by Crippen LogP contribution is -2.16. The van der Waals surface area contributed by atoms with Crippen LogP contribution in [0.15, 0.2) is 12.1 Å². The highest BCUT2D eigenvalue weighted by Gasteiger charge is 2.12. The van der Waals surface area contributed by atoms with Crippen molar-refractivity contribution in [3.8, 4) is 0 Å². The van der Waals surface area contributed by atoms with Crippen LogP contribution in [0.3, 0.4) is 0 Å². The number of carboxylic acids is 1.